The average Bonchev–Trinajstić information content (AvgIpc) is 2.84. The van der Waals surface area contributed by atoms with Crippen molar-refractivity contribution in [2.24, 2.45) is 5.92 Å². The van der Waals surface area contributed by atoms with Gasteiger partial charge in [-0.1, -0.05) is 17.7 Å². The Hall–Kier alpha value is -3.94. The van der Waals surface area contributed by atoms with Crippen LogP contribution in [0.2, 0.25) is 0 Å². The van der Waals surface area contributed by atoms with E-state index in [2.05, 4.69) is 46.3 Å². The summed E-state index contributed by atoms with van der Waals surface area (Å²) in [5, 5.41) is 14.3. The third-order valence-electron chi connectivity index (χ3n) is 6.75. The lowest BCUT2D eigenvalue weighted by Gasteiger charge is -2.49. The summed E-state index contributed by atoms with van der Waals surface area (Å²) >= 11 is 0. The molecule has 5 rings (SSSR count). The van der Waals surface area contributed by atoms with E-state index in [0.717, 1.165) is 23.5 Å². The molecule has 1 saturated heterocycles. The number of fused-ring (bicyclic) bond motifs is 3. The van der Waals surface area contributed by atoms with Crippen LogP contribution in [-0.4, -0.2) is 36.5 Å². The van der Waals surface area contributed by atoms with E-state index in [1.54, 1.807) is 12.1 Å². The second-order valence-electron chi connectivity index (χ2n) is 8.92. The van der Waals surface area contributed by atoms with E-state index in [0.29, 0.717) is 25.2 Å². The van der Waals surface area contributed by atoms with Crippen LogP contribution in [0.15, 0.2) is 66.7 Å². The van der Waals surface area contributed by atoms with Crippen LogP contribution in [0.1, 0.15) is 11.1 Å². The zero-order valence-corrected chi connectivity index (χ0v) is 18.8. The Morgan fingerprint density at radius 1 is 1.06 bits per heavy atom. The predicted octanol–water partition coefficient (Wildman–Crippen LogP) is 4.55. The number of nitrogens with one attached hydrogen (secondary N) is 1. The molecule has 0 unspecified atom stereocenters. The van der Waals surface area contributed by atoms with Crippen LogP contribution in [0.3, 0.4) is 0 Å². The quantitative estimate of drug-likeness (QED) is 0.457. The highest BCUT2D eigenvalue weighted by Crippen LogP contribution is 2.39. The zero-order valence-electron chi connectivity index (χ0n) is 18.8. The molecule has 2 aliphatic rings. The van der Waals surface area contributed by atoms with Gasteiger partial charge in [-0.3, -0.25) is 14.9 Å². The summed E-state index contributed by atoms with van der Waals surface area (Å²) in [6, 6.07) is 18.8. The molecule has 2 aliphatic heterocycles. The van der Waals surface area contributed by atoms with Crippen LogP contribution in [0.25, 0.3) is 0 Å². The fourth-order valence-corrected chi connectivity index (χ4v) is 4.98. The molecule has 0 aromatic heterocycles. The monoisotopic (exact) mass is 460 g/mol. The number of amides is 1. The predicted molar refractivity (Wildman–Crippen MR) is 130 cm³/mol. The van der Waals surface area contributed by atoms with Gasteiger partial charge >= 0.3 is 0 Å². The van der Waals surface area contributed by atoms with E-state index in [9.17, 15) is 19.3 Å². The summed E-state index contributed by atoms with van der Waals surface area (Å²) in [6.07, 6.45) is 0.396. The first-order valence-electron chi connectivity index (χ1n) is 11.3. The maximum Gasteiger partial charge on any atom is 0.269 e. The number of halogens is 1. The summed E-state index contributed by atoms with van der Waals surface area (Å²) in [5.74, 6) is -0.971. The van der Waals surface area contributed by atoms with Gasteiger partial charge in [0.1, 0.15) is 5.82 Å². The van der Waals surface area contributed by atoms with E-state index < -0.39 is 10.8 Å². The number of piperazine rings is 1. The normalized spacial score (nSPS) is 19.2. The molecule has 0 bridgehead atoms. The Labute approximate surface area is 197 Å². The van der Waals surface area contributed by atoms with Gasteiger partial charge in [0, 0.05) is 48.8 Å². The molecule has 1 N–H and O–H groups in total. The molecule has 8 heteroatoms. The highest BCUT2D eigenvalue weighted by Gasteiger charge is 2.42. The maximum absolute atomic E-state index is 13.4. The number of rotatable bonds is 4. The van der Waals surface area contributed by atoms with Crippen molar-refractivity contribution in [2.75, 3.05) is 34.8 Å². The van der Waals surface area contributed by atoms with Gasteiger partial charge in [-0.25, -0.2) is 4.39 Å². The smallest absolute Gasteiger partial charge is 0.269 e. The number of anilines is 3. The molecule has 3 aromatic rings. The maximum atomic E-state index is 13.4. The Kier molecular flexibility index (Phi) is 5.65. The second kappa shape index (κ2) is 8.78. The van der Waals surface area contributed by atoms with Crippen LogP contribution in [-0.2, 0) is 11.2 Å². The number of nitro groups is 1. The molecule has 1 fully saturated rings. The number of hydrogen-bond donors (Lipinski definition) is 1. The van der Waals surface area contributed by atoms with Gasteiger partial charge in [0.25, 0.3) is 5.69 Å². The zero-order chi connectivity index (χ0) is 23.8. The Morgan fingerprint density at radius 3 is 2.50 bits per heavy atom. The minimum Gasteiger partial charge on any atom is -0.368 e. The topological polar surface area (TPSA) is 78.7 Å². The van der Waals surface area contributed by atoms with E-state index >= 15 is 0 Å². The fourth-order valence-electron chi connectivity index (χ4n) is 4.98. The number of nitrogens with zero attached hydrogens (tertiary/aromatic N) is 3. The van der Waals surface area contributed by atoms with Gasteiger partial charge in [0.2, 0.25) is 5.91 Å². The SMILES string of the molecule is Cc1ccc(N2CCN3c4ccc([N+](=O)[O-])cc4C[C@H](C(=O)Nc4ccc(F)cc4)[C@@H]3C2)cc1. The van der Waals surface area contributed by atoms with E-state index in [1.165, 1.54) is 35.9 Å². The van der Waals surface area contributed by atoms with Crippen molar-refractivity contribution >= 4 is 28.7 Å². The number of carbonyl (C=O) groups excluding carboxylic acids is 1. The van der Waals surface area contributed by atoms with Gasteiger partial charge in [0.15, 0.2) is 0 Å². The molecule has 1 amide bonds. The molecule has 7 nitrogen and oxygen atoms in total. The number of aryl methyl sites for hydroxylation is 1. The number of nitro benzene ring substituents is 1. The second-order valence-corrected chi connectivity index (χ2v) is 8.92. The van der Waals surface area contributed by atoms with E-state index in [4.69, 9.17) is 0 Å². The van der Waals surface area contributed by atoms with Gasteiger partial charge in [0.05, 0.1) is 16.9 Å². The van der Waals surface area contributed by atoms with Crippen LogP contribution >= 0.6 is 0 Å². The largest absolute Gasteiger partial charge is 0.368 e. The fraction of sp³-hybridized carbons (Fsp3) is 0.269. The Morgan fingerprint density at radius 2 is 1.79 bits per heavy atom. The molecule has 0 spiro atoms. The third-order valence-corrected chi connectivity index (χ3v) is 6.75. The molecule has 2 atom stereocenters. The van der Waals surface area contributed by atoms with E-state index in [1.807, 2.05) is 0 Å². The van der Waals surface area contributed by atoms with Crippen LogP contribution < -0.4 is 15.1 Å². The van der Waals surface area contributed by atoms with E-state index in [-0.39, 0.29) is 23.5 Å². The Balaban J connectivity index is 1.47. The van der Waals surface area contributed by atoms with Crippen molar-refractivity contribution in [3.05, 3.63) is 93.8 Å². The molecule has 0 aliphatic carbocycles. The molecule has 174 valence electrons. The third kappa shape index (κ3) is 4.19. The summed E-state index contributed by atoms with van der Waals surface area (Å²) in [7, 11) is 0. The average molecular weight is 461 g/mol. The summed E-state index contributed by atoms with van der Waals surface area (Å²) in [5.41, 5.74) is 4.59. The molecule has 0 saturated carbocycles. The minimum absolute atomic E-state index is 0.0215. The van der Waals surface area contributed by atoms with Crippen LogP contribution in [0.5, 0.6) is 0 Å². The first-order chi connectivity index (χ1) is 16.4. The number of carbonyl (C=O) groups is 1. The first-order valence-corrected chi connectivity index (χ1v) is 11.3. The lowest BCUT2D eigenvalue weighted by Crippen LogP contribution is -2.60. The summed E-state index contributed by atoms with van der Waals surface area (Å²) < 4.78 is 13.3. The van der Waals surface area contributed by atoms with Gasteiger partial charge in [-0.2, -0.15) is 0 Å². The number of non-ortho nitro benzene ring substituents is 1. The van der Waals surface area contributed by atoms with Crippen LogP contribution in [0.4, 0.5) is 27.1 Å². The lowest BCUT2D eigenvalue weighted by atomic mass is 9.83. The first kappa shape index (κ1) is 21.9. The minimum atomic E-state index is -0.423. The molecule has 34 heavy (non-hydrogen) atoms. The van der Waals surface area contributed by atoms with Crippen molar-refractivity contribution in [2.45, 2.75) is 19.4 Å². The highest BCUT2D eigenvalue weighted by molar-refractivity contribution is 5.94. The van der Waals surface area contributed by atoms with Gasteiger partial charge in [-0.05, 0) is 61.4 Å². The lowest BCUT2D eigenvalue weighted by molar-refractivity contribution is -0.384. The molecule has 3 aromatic carbocycles. The van der Waals surface area contributed by atoms with Gasteiger partial charge < -0.3 is 15.1 Å². The number of hydrogen-bond acceptors (Lipinski definition) is 5. The summed E-state index contributed by atoms with van der Waals surface area (Å²) in [6.45, 7) is 4.18. The van der Waals surface area contributed by atoms with Crippen molar-refractivity contribution in [3.63, 3.8) is 0 Å². The Bertz CT molecular complexity index is 1230. The van der Waals surface area contributed by atoms with Crippen molar-refractivity contribution in [1.82, 2.24) is 0 Å². The van der Waals surface area contributed by atoms with Crippen LogP contribution in [0, 0.1) is 28.8 Å². The van der Waals surface area contributed by atoms with Gasteiger partial charge in [-0.15, -0.1) is 0 Å². The molecule has 0 radical (unpaired) electrons. The molecular weight excluding hydrogens is 435 g/mol. The van der Waals surface area contributed by atoms with Crippen molar-refractivity contribution < 1.29 is 14.1 Å². The highest BCUT2D eigenvalue weighted by atomic mass is 19.1. The molecular formula is C26H25FN4O3. The van der Waals surface area contributed by atoms with Crippen molar-refractivity contribution in [1.29, 1.82) is 0 Å². The number of benzene rings is 3. The summed E-state index contributed by atoms with van der Waals surface area (Å²) in [4.78, 5) is 28.9. The standard InChI is InChI=1S/C26H25FN4O3/c1-17-2-8-21(9-3-17)29-12-13-30-24-11-10-22(31(33)34)14-18(24)15-23(25(30)16-29)26(32)28-20-6-4-19(27)5-7-20/h2-11,14,23,25H,12-13,15-16H2,1H3,(H,28,32)/t23-,25-/m0/s1. The molecule has 2 heterocycles. The van der Waals surface area contributed by atoms with Crippen molar-refractivity contribution in [3.8, 4) is 0 Å².